The zero-order valence-corrected chi connectivity index (χ0v) is 37.8. The number of methoxy groups -OCH3 is 1. The molecule has 1 aromatic heterocycles. The van der Waals surface area contributed by atoms with E-state index in [1.807, 2.05) is 4.90 Å². The van der Waals surface area contributed by atoms with Crippen LogP contribution in [-0.2, 0) is 30.3 Å². The first-order valence-corrected chi connectivity index (χ1v) is 21.9. The average Bonchev–Trinajstić information content (AvgIpc) is 3.68. The lowest BCUT2D eigenvalue weighted by Gasteiger charge is -2.36. The van der Waals surface area contributed by atoms with Gasteiger partial charge in [-0.2, -0.15) is 5.26 Å². The number of nitrogens with zero attached hydrogens (tertiary/aromatic N) is 4. The Kier molecular flexibility index (Phi) is 25.2. The van der Waals surface area contributed by atoms with E-state index in [-0.39, 0.29) is 42.1 Å². The van der Waals surface area contributed by atoms with Crippen molar-refractivity contribution in [2.24, 2.45) is 11.3 Å². The lowest BCUT2D eigenvalue weighted by Crippen LogP contribution is -2.45. The molecule has 1 fully saturated rings. The number of thiazole rings is 1. The molecule has 0 radical (unpaired) electrons. The van der Waals surface area contributed by atoms with Crippen LogP contribution in [0.1, 0.15) is 153 Å². The highest BCUT2D eigenvalue weighted by atomic mass is 32.1. The number of carbonyl (C=O) groups is 4. The highest BCUT2D eigenvalue weighted by molar-refractivity contribution is 7.09. The molecule has 15 heteroatoms. The minimum atomic E-state index is -1.17. The number of carboxylic acid groups (broad SMARTS) is 1. The van der Waals surface area contributed by atoms with Crippen molar-refractivity contribution < 1.29 is 38.1 Å². The number of unbranched alkanes of at least 4 members (excludes halogenated alkanes) is 4. The van der Waals surface area contributed by atoms with Crippen LogP contribution in [0.5, 0.6) is 0 Å². The summed E-state index contributed by atoms with van der Waals surface area (Å²) in [4.78, 5) is 60.1. The molecule has 1 saturated heterocycles. The van der Waals surface area contributed by atoms with Gasteiger partial charge in [-0.1, -0.05) is 65.9 Å². The van der Waals surface area contributed by atoms with E-state index in [9.17, 15) is 28.7 Å². The molecule has 2 amide bonds. The summed E-state index contributed by atoms with van der Waals surface area (Å²) in [6, 6.07) is 3.41. The second kappa shape index (κ2) is 28.2. The topological polar surface area (TPSA) is 188 Å². The maximum Gasteiger partial charge on any atom is 0.309 e. The van der Waals surface area contributed by atoms with E-state index in [0.717, 1.165) is 38.5 Å². The Morgan fingerprint density at radius 3 is 2.25 bits per heavy atom. The molecule has 0 bridgehead atoms. The second-order valence-corrected chi connectivity index (χ2v) is 17.1. The summed E-state index contributed by atoms with van der Waals surface area (Å²) in [7, 11) is 3.51. The van der Waals surface area contributed by atoms with Crippen molar-refractivity contribution in [2.75, 3.05) is 39.5 Å². The number of ether oxygens (including phenoxy) is 2. The Morgan fingerprint density at radius 2 is 1.75 bits per heavy atom. The van der Waals surface area contributed by atoms with Crippen molar-refractivity contribution >= 4 is 40.8 Å². The Hall–Kier alpha value is -4.29. The zero-order chi connectivity index (χ0) is 44.5. The molecule has 3 rings (SSSR count). The number of aliphatic carboxylic acids is 1. The summed E-state index contributed by atoms with van der Waals surface area (Å²) in [6.07, 6.45) is 11.8. The number of piperidine rings is 1. The van der Waals surface area contributed by atoms with E-state index in [0.29, 0.717) is 30.0 Å². The minimum Gasteiger partial charge on any atom is -0.481 e. The van der Waals surface area contributed by atoms with Crippen LogP contribution in [0.15, 0.2) is 23.6 Å². The molecule has 3 unspecified atom stereocenters. The van der Waals surface area contributed by atoms with Crippen LogP contribution in [0.3, 0.4) is 0 Å². The fourth-order valence-corrected chi connectivity index (χ4v) is 7.61. The normalized spacial score (nSPS) is 14.3. The number of hydrogen-bond donors (Lipinski definition) is 3. The van der Waals surface area contributed by atoms with Gasteiger partial charge in [-0.15, -0.1) is 11.3 Å². The van der Waals surface area contributed by atoms with Crippen LogP contribution in [0.2, 0.25) is 0 Å². The van der Waals surface area contributed by atoms with Crippen molar-refractivity contribution in [1.82, 2.24) is 20.1 Å². The molecular weight excluding hydrogens is 776 g/mol. The number of amides is 2. The predicted octanol–water partition coefficient (Wildman–Crippen LogP) is 8.54. The number of esters is 1. The van der Waals surface area contributed by atoms with E-state index >= 15 is 0 Å². The Morgan fingerprint density at radius 1 is 1.10 bits per heavy atom. The van der Waals surface area contributed by atoms with Crippen LogP contribution >= 0.6 is 11.3 Å². The van der Waals surface area contributed by atoms with Crippen molar-refractivity contribution in [3.05, 3.63) is 45.7 Å². The maximum atomic E-state index is 13.8. The number of likely N-dealkylation sites (tertiary alicyclic amines) is 1. The lowest BCUT2D eigenvalue weighted by molar-refractivity contribution is -0.149. The first-order chi connectivity index (χ1) is 27.9. The van der Waals surface area contributed by atoms with Gasteiger partial charge in [-0.05, 0) is 96.1 Å². The van der Waals surface area contributed by atoms with Gasteiger partial charge in [0.1, 0.15) is 16.5 Å². The first-order valence-electron chi connectivity index (χ1n) is 21.0. The summed E-state index contributed by atoms with van der Waals surface area (Å²) in [5.74, 6) is -2.44. The summed E-state index contributed by atoms with van der Waals surface area (Å²) in [5, 5.41) is 22.1. The van der Waals surface area contributed by atoms with Gasteiger partial charge in [0.05, 0.1) is 18.2 Å². The van der Waals surface area contributed by atoms with E-state index in [1.54, 1.807) is 25.3 Å². The number of nitrogen functional groups attached to an aromatic ring is 1. The molecule has 4 N–H and O–H groups in total. The Labute approximate surface area is 356 Å². The highest BCUT2D eigenvalue weighted by Gasteiger charge is 2.34. The number of carboxylic acids is 1. The molecule has 0 spiro atoms. The van der Waals surface area contributed by atoms with E-state index < -0.39 is 41.2 Å². The molecule has 3 atom stereocenters. The van der Waals surface area contributed by atoms with Crippen molar-refractivity contribution in [3.63, 3.8) is 0 Å². The predicted molar refractivity (Wildman–Crippen MR) is 231 cm³/mol. The molecular formula is C44H71FN6O7S. The number of rotatable bonds is 21. The molecule has 1 aliphatic rings. The number of halogens is 1. The zero-order valence-electron chi connectivity index (χ0n) is 37.0. The number of benzene rings is 1. The molecule has 0 saturated carbocycles. The Balaban J connectivity index is 0.00000137. The van der Waals surface area contributed by atoms with Crippen LogP contribution in [0.25, 0.3) is 0 Å². The van der Waals surface area contributed by atoms with Crippen molar-refractivity contribution in [3.8, 4) is 6.26 Å². The third-order valence-electron chi connectivity index (χ3n) is 10.2. The van der Waals surface area contributed by atoms with Crippen LogP contribution in [-0.4, -0.2) is 89.5 Å². The largest absolute Gasteiger partial charge is 0.481 e. The monoisotopic (exact) mass is 847 g/mol. The smallest absolute Gasteiger partial charge is 0.309 e. The number of carbonyl (C=O) groups excluding carboxylic acids is 3. The summed E-state index contributed by atoms with van der Waals surface area (Å²) in [6.45, 7) is 16.0. The van der Waals surface area contributed by atoms with Gasteiger partial charge >= 0.3 is 11.9 Å². The van der Waals surface area contributed by atoms with Crippen molar-refractivity contribution in [2.45, 2.75) is 150 Å². The minimum absolute atomic E-state index is 0.0398. The summed E-state index contributed by atoms with van der Waals surface area (Å²) in [5.41, 5.74) is 5.28. The number of nitrogens with one attached hydrogen (secondary N) is 1. The van der Waals surface area contributed by atoms with Gasteiger partial charge in [-0.25, -0.2) is 9.37 Å². The molecule has 332 valence electrons. The third kappa shape index (κ3) is 20.5. The quantitative estimate of drug-likeness (QED) is 0.0473. The van der Waals surface area contributed by atoms with Gasteiger partial charge in [0.25, 0.3) is 12.2 Å². The summed E-state index contributed by atoms with van der Waals surface area (Å²) >= 11 is 1.19. The number of anilines is 1. The van der Waals surface area contributed by atoms with Gasteiger partial charge in [-0.3, -0.25) is 19.2 Å². The number of nitriles is 1. The van der Waals surface area contributed by atoms with E-state index in [2.05, 4.69) is 54.7 Å². The first kappa shape index (κ1) is 52.7. The Bertz CT molecular complexity index is 1610. The van der Waals surface area contributed by atoms with Crippen LogP contribution < -0.4 is 11.1 Å². The van der Waals surface area contributed by atoms with Gasteiger partial charge in [0.2, 0.25) is 5.91 Å². The maximum absolute atomic E-state index is 13.8. The standard InChI is InChI=1S/C36H55FN4O6S.C6H13N.C2H3NO/c1-8-10-12-13-17-41(32(43)14-11-9-2)30(23(3)4)20-31(47-24(5)42)34-40-29(22-48-34)33(44)39-26(21-36(6,7)35(45)46)18-25-15-16-27(37)28(38)19-25;1-7-5-3-2-4-6-7;1-4-2-3/h15-16,19,22-23,26,30-31H,8-14,17-18,20-21,38H2,1-7H3,(H,39,44)(H,45,46);2-6H2,1H3;1H3. The molecule has 13 nitrogen and oxygen atoms in total. The van der Waals surface area contributed by atoms with Crippen LogP contribution in [0, 0.1) is 28.7 Å². The molecule has 1 aromatic carbocycles. The van der Waals surface area contributed by atoms with E-state index in [4.69, 9.17) is 15.7 Å². The lowest BCUT2D eigenvalue weighted by atomic mass is 9.84. The van der Waals surface area contributed by atoms with E-state index in [1.165, 1.54) is 76.1 Å². The number of nitrogens with two attached hydrogens (primary N) is 1. The van der Waals surface area contributed by atoms with Gasteiger partial charge < -0.3 is 35.4 Å². The number of hydrogen-bond acceptors (Lipinski definition) is 11. The molecule has 2 aromatic rings. The fourth-order valence-electron chi connectivity index (χ4n) is 6.77. The number of aromatic nitrogens is 1. The molecule has 0 aliphatic carbocycles. The molecule has 1 aliphatic heterocycles. The SMILES string of the molecule is CCCCCCN(C(=O)CCCC)C(CC(OC(C)=O)c1nc(C(=O)NC(Cc2ccc(F)c(N)c2)CC(C)(C)C(=O)O)cs1)C(C)C.CN1CCCCC1.COC#N. The van der Waals surface area contributed by atoms with Crippen molar-refractivity contribution in [1.29, 1.82) is 5.26 Å². The second-order valence-electron chi connectivity index (χ2n) is 16.3. The highest BCUT2D eigenvalue weighted by Crippen LogP contribution is 2.32. The fraction of sp³-hybridized carbons (Fsp3) is 0.682. The van der Waals surface area contributed by atoms with Crippen LogP contribution in [0.4, 0.5) is 10.1 Å². The molecule has 2 heterocycles. The van der Waals surface area contributed by atoms with Gasteiger partial charge in [0.15, 0.2) is 6.10 Å². The average molecular weight is 847 g/mol. The summed E-state index contributed by atoms with van der Waals surface area (Å²) < 4.78 is 23.4. The third-order valence-corrected chi connectivity index (χ3v) is 11.1. The molecule has 59 heavy (non-hydrogen) atoms. The van der Waals surface area contributed by atoms with Gasteiger partial charge in [0, 0.05) is 43.8 Å².